The van der Waals surface area contributed by atoms with Crippen LogP contribution in [0.1, 0.15) is 40.9 Å². The van der Waals surface area contributed by atoms with Crippen LogP contribution in [0.25, 0.3) is 22.0 Å². The molecule has 0 radical (unpaired) electrons. The van der Waals surface area contributed by atoms with Gasteiger partial charge in [-0.15, -0.1) is 11.3 Å². The third-order valence-corrected chi connectivity index (χ3v) is 6.73. The number of amides is 2. The molecule has 2 N–H and O–H groups in total. The fourth-order valence-corrected chi connectivity index (χ4v) is 4.90. The summed E-state index contributed by atoms with van der Waals surface area (Å²) in [7, 11) is 0. The summed E-state index contributed by atoms with van der Waals surface area (Å²) in [4.78, 5) is 30.3. The van der Waals surface area contributed by atoms with E-state index in [9.17, 15) is 22.8 Å². The fraction of sp³-hybridized carbons (Fsp3) is 0.348. The molecule has 0 atom stereocenters. The standard InChI is InChI=1S/C23H23F3N4O2S/c1-14-17(21(27)32)12-19(30(14)11-3-10-29-9-2-4-20(29)31)18-13-33-22(28-18)15-5-7-16(8-6-15)23(24,25)26/h5-8,12-13H,2-4,9-11H2,1H3,(H2,27,32). The molecule has 6 nitrogen and oxygen atoms in total. The van der Waals surface area contributed by atoms with Gasteiger partial charge in [0.25, 0.3) is 5.91 Å². The smallest absolute Gasteiger partial charge is 0.366 e. The van der Waals surface area contributed by atoms with Crippen LogP contribution in [0.5, 0.6) is 0 Å². The summed E-state index contributed by atoms with van der Waals surface area (Å²) in [5.41, 5.74) is 7.86. The number of likely N-dealkylation sites (tertiary alicyclic amines) is 1. The number of rotatable bonds is 7. The lowest BCUT2D eigenvalue weighted by Gasteiger charge is -2.17. The van der Waals surface area contributed by atoms with Crippen molar-refractivity contribution >= 4 is 23.2 Å². The quantitative estimate of drug-likeness (QED) is 0.536. The monoisotopic (exact) mass is 476 g/mol. The van der Waals surface area contributed by atoms with E-state index >= 15 is 0 Å². The van der Waals surface area contributed by atoms with Gasteiger partial charge in [0.15, 0.2) is 0 Å². The van der Waals surface area contributed by atoms with Crippen LogP contribution in [-0.2, 0) is 17.5 Å². The minimum absolute atomic E-state index is 0.165. The van der Waals surface area contributed by atoms with Crippen LogP contribution >= 0.6 is 11.3 Å². The second-order valence-corrected chi connectivity index (χ2v) is 8.85. The number of thiazole rings is 1. The Morgan fingerprint density at radius 3 is 2.55 bits per heavy atom. The van der Waals surface area contributed by atoms with Crippen molar-refractivity contribution < 1.29 is 22.8 Å². The van der Waals surface area contributed by atoms with Crippen molar-refractivity contribution in [2.24, 2.45) is 5.73 Å². The summed E-state index contributed by atoms with van der Waals surface area (Å²) in [6, 6.07) is 6.57. The normalized spacial score (nSPS) is 14.3. The molecule has 0 aliphatic carbocycles. The Bertz CT molecular complexity index is 1180. The molecule has 1 saturated heterocycles. The van der Waals surface area contributed by atoms with Crippen LogP contribution in [0, 0.1) is 6.92 Å². The Kier molecular flexibility index (Phi) is 6.29. The van der Waals surface area contributed by atoms with Gasteiger partial charge in [0.2, 0.25) is 5.91 Å². The second-order valence-electron chi connectivity index (χ2n) is 8.00. The van der Waals surface area contributed by atoms with E-state index in [4.69, 9.17) is 5.73 Å². The summed E-state index contributed by atoms with van der Waals surface area (Å²) in [6.45, 7) is 3.79. The van der Waals surface area contributed by atoms with E-state index in [1.165, 1.54) is 23.5 Å². The van der Waals surface area contributed by atoms with E-state index in [-0.39, 0.29) is 5.91 Å². The largest absolute Gasteiger partial charge is 0.416 e. The summed E-state index contributed by atoms with van der Waals surface area (Å²) < 4.78 is 40.5. The minimum atomic E-state index is -4.39. The third kappa shape index (κ3) is 4.80. The van der Waals surface area contributed by atoms with Gasteiger partial charge in [0.1, 0.15) is 5.01 Å². The predicted octanol–water partition coefficient (Wildman–Crippen LogP) is 4.72. The van der Waals surface area contributed by atoms with Crippen molar-refractivity contribution in [2.75, 3.05) is 13.1 Å². The number of primary amides is 1. The summed E-state index contributed by atoms with van der Waals surface area (Å²) in [5, 5.41) is 2.39. The van der Waals surface area contributed by atoms with Crippen molar-refractivity contribution in [3.8, 4) is 22.0 Å². The first-order valence-corrected chi connectivity index (χ1v) is 11.4. The Morgan fingerprint density at radius 2 is 1.94 bits per heavy atom. The number of aromatic nitrogens is 2. The number of benzene rings is 1. The number of carbonyl (C=O) groups is 2. The van der Waals surface area contributed by atoms with Crippen molar-refractivity contribution in [1.82, 2.24) is 14.5 Å². The lowest BCUT2D eigenvalue weighted by molar-refractivity contribution is -0.137. The van der Waals surface area contributed by atoms with Gasteiger partial charge in [-0.3, -0.25) is 9.59 Å². The molecule has 0 spiro atoms. The highest BCUT2D eigenvalue weighted by atomic mass is 32.1. The van der Waals surface area contributed by atoms with Crippen LogP contribution < -0.4 is 5.73 Å². The first-order chi connectivity index (χ1) is 15.6. The molecule has 2 aromatic heterocycles. The highest BCUT2D eigenvalue weighted by molar-refractivity contribution is 7.13. The SMILES string of the molecule is Cc1c(C(N)=O)cc(-c2csc(-c3ccc(C(F)(F)F)cc3)n2)n1CCCN1CCCC1=O. The van der Waals surface area contributed by atoms with Crippen LogP contribution in [0.3, 0.4) is 0 Å². The first-order valence-electron chi connectivity index (χ1n) is 10.6. The van der Waals surface area contributed by atoms with Gasteiger partial charge in [0, 0.05) is 42.7 Å². The van der Waals surface area contributed by atoms with Crippen LogP contribution in [0.4, 0.5) is 13.2 Å². The first kappa shape index (κ1) is 23.0. The van der Waals surface area contributed by atoms with Gasteiger partial charge in [-0.1, -0.05) is 12.1 Å². The minimum Gasteiger partial charge on any atom is -0.366 e. The molecule has 33 heavy (non-hydrogen) atoms. The zero-order valence-corrected chi connectivity index (χ0v) is 18.8. The van der Waals surface area contributed by atoms with Gasteiger partial charge in [-0.05, 0) is 38.0 Å². The summed E-state index contributed by atoms with van der Waals surface area (Å²) in [5.74, 6) is -0.377. The Labute approximate surface area is 192 Å². The fourth-order valence-electron chi connectivity index (χ4n) is 4.08. The molecule has 1 fully saturated rings. The molecular formula is C23H23F3N4O2S. The Morgan fingerprint density at radius 1 is 1.21 bits per heavy atom. The number of nitrogens with zero attached hydrogens (tertiary/aromatic N) is 3. The lowest BCUT2D eigenvalue weighted by Crippen LogP contribution is -2.26. The van der Waals surface area contributed by atoms with E-state index in [1.807, 2.05) is 21.8 Å². The van der Waals surface area contributed by atoms with Crippen molar-refractivity contribution in [1.29, 1.82) is 0 Å². The molecule has 3 aromatic rings. The van der Waals surface area contributed by atoms with Gasteiger partial charge in [0.05, 0.1) is 22.5 Å². The molecular weight excluding hydrogens is 453 g/mol. The maximum Gasteiger partial charge on any atom is 0.416 e. The van der Waals surface area contributed by atoms with E-state index in [0.29, 0.717) is 59.1 Å². The zero-order chi connectivity index (χ0) is 23.8. The van der Waals surface area contributed by atoms with Crippen molar-refractivity contribution in [3.63, 3.8) is 0 Å². The predicted molar refractivity (Wildman–Crippen MR) is 120 cm³/mol. The van der Waals surface area contributed by atoms with Crippen molar-refractivity contribution in [2.45, 2.75) is 38.9 Å². The van der Waals surface area contributed by atoms with Crippen molar-refractivity contribution in [3.05, 3.63) is 52.5 Å². The van der Waals surface area contributed by atoms with E-state index in [2.05, 4.69) is 4.98 Å². The number of alkyl halides is 3. The average Bonchev–Trinajstić information content (AvgIpc) is 3.48. The Balaban J connectivity index is 1.59. The number of halogens is 3. The van der Waals surface area contributed by atoms with E-state index in [0.717, 1.165) is 25.1 Å². The zero-order valence-electron chi connectivity index (χ0n) is 18.0. The van der Waals surface area contributed by atoms with Gasteiger partial charge >= 0.3 is 6.18 Å². The number of hydrogen-bond donors (Lipinski definition) is 1. The molecule has 0 bridgehead atoms. The van der Waals surface area contributed by atoms with Crippen LogP contribution in [0.2, 0.25) is 0 Å². The number of hydrogen-bond acceptors (Lipinski definition) is 4. The van der Waals surface area contributed by atoms with Crippen LogP contribution in [0.15, 0.2) is 35.7 Å². The maximum atomic E-state index is 12.8. The molecule has 2 amide bonds. The summed E-state index contributed by atoms with van der Waals surface area (Å²) in [6.07, 6.45) is -2.21. The molecule has 1 aliphatic heterocycles. The van der Waals surface area contributed by atoms with Crippen LogP contribution in [-0.4, -0.2) is 39.4 Å². The Hall–Kier alpha value is -3.14. The maximum absolute atomic E-state index is 12.8. The number of nitrogens with two attached hydrogens (primary N) is 1. The van der Waals surface area contributed by atoms with E-state index < -0.39 is 17.6 Å². The number of carbonyl (C=O) groups excluding carboxylic acids is 2. The summed E-state index contributed by atoms with van der Waals surface area (Å²) >= 11 is 1.31. The molecule has 174 valence electrons. The topological polar surface area (TPSA) is 81.2 Å². The highest BCUT2D eigenvalue weighted by Gasteiger charge is 2.30. The molecule has 0 unspecified atom stereocenters. The third-order valence-electron chi connectivity index (χ3n) is 5.84. The lowest BCUT2D eigenvalue weighted by atomic mass is 10.1. The van der Waals surface area contributed by atoms with Gasteiger partial charge in [-0.25, -0.2) is 4.98 Å². The molecule has 4 rings (SSSR count). The second kappa shape index (κ2) is 9.01. The molecule has 3 heterocycles. The van der Waals surface area contributed by atoms with Gasteiger partial charge in [-0.2, -0.15) is 13.2 Å². The highest BCUT2D eigenvalue weighted by Crippen LogP contribution is 2.34. The average molecular weight is 477 g/mol. The van der Waals surface area contributed by atoms with Gasteiger partial charge < -0.3 is 15.2 Å². The molecule has 1 aliphatic rings. The van der Waals surface area contributed by atoms with E-state index in [1.54, 1.807) is 6.07 Å². The molecule has 0 saturated carbocycles. The molecule has 1 aromatic carbocycles. The molecule has 10 heteroatoms.